The molecule has 0 bridgehead atoms. The molecule has 0 spiro atoms. The lowest BCUT2D eigenvalue weighted by molar-refractivity contribution is -0.123. The molecule has 1 saturated carbocycles. The van der Waals surface area contributed by atoms with Gasteiger partial charge in [-0.25, -0.2) is 0 Å². The molecule has 1 aliphatic carbocycles. The van der Waals surface area contributed by atoms with Crippen LogP contribution in [0.15, 0.2) is 36.5 Å². The zero-order valence-electron chi connectivity index (χ0n) is 11.7. The first-order chi connectivity index (χ1) is 8.96. The van der Waals surface area contributed by atoms with Crippen LogP contribution in [0.3, 0.4) is 0 Å². The van der Waals surface area contributed by atoms with Crippen molar-refractivity contribution in [2.45, 2.75) is 38.8 Å². The van der Waals surface area contributed by atoms with E-state index in [0.717, 1.165) is 6.42 Å². The summed E-state index contributed by atoms with van der Waals surface area (Å²) in [5.41, 5.74) is 1.07. The number of carbonyl (C=O) groups excluding carboxylic acids is 1. The van der Waals surface area contributed by atoms with Gasteiger partial charge in [0.1, 0.15) is 0 Å². The molecule has 0 saturated heterocycles. The number of carbonyl (C=O) groups is 1. The van der Waals surface area contributed by atoms with Gasteiger partial charge in [-0.1, -0.05) is 18.2 Å². The summed E-state index contributed by atoms with van der Waals surface area (Å²) in [5.74, 6) is 0.297. The van der Waals surface area contributed by atoms with Crippen LogP contribution < -0.4 is 5.32 Å². The van der Waals surface area contributed by atoms with Gasteiger partial charge in [0.2, 0.25) is 5.91 Å². The lowest BCUT2D eigenvalue weighted by Crippen LogP contribution is -2.41. The van der Waals surface area contributed by atoms with E-state index in [-0.39, 0.29) is 17.4 Å². The Kier molecular flexibility index (Phi) is 2.66. The van der Waals surface area contributed by atoms with Crippen molar-refractivity contribution in [1.82, 2.24) is 9.88 Å². The van der Waals surface area contributed by atoms with Gasteiger partial charge in [-0.05, 0) is 44.7 Å². The molecule has 1 N–H and O–H groups in total. The van der Waals surface area contributed by atoms with E-state index in [9.17, 15) is 4.79 Å². The summed E-state index contributed by atoms with van der Waals surface area (Å²) < 4.78 is 2.24. The summed E-state index contributed by atoms with van der Waals surface area (Å²) in [6, 6.07) is 10.8. The number of rotatable bonds is 2. The summed E-state index contributed by atoms with van der Waals surface area (Å²) in [4.78, 5) is 12.1. The lowest BCUT2D eigenvalue weighted by Gasteiger charge is -2.20. The second-order valence-corrected chi connectivity index (χ2v) is 6.43. The Morgan fingerprint density at radius 1 is 1.26 bits per heavy atom. The standard InChI is InChI=1S/C16H20N2O/c1-16(2,3)17-15(19)12-10-14(12)18-9-8-11-6-4-5-7-13(11)18/h4-9,12,14H,10H2,1-3H3,(H,17,19)/t12-,14-/m1/s1. The van der Waals surface area contributed by atoms with E-state index in [0.29, 0.717) is 6.04 Å². The van der Waals surface area contributed by atoms with Crippen LogP contribution in [0, 0.1) is 5.92 Å². The number of hydrogen-bond donors (Lipinski definition) is 1. The Labute approximate surface area is 113 Å². The Hall–Kier alpha value is -1.77. The highest BCUT2D eigenvalue weighted by Gasteiger charge is 2.45. The van der Waals surface area contributed by atoms with Gasteiger partial charge < -0.3 is 9.88 Å². The molecule has 0 aliphatic heterocycles. The van der Waals surface area contributed by atoms with Gasteiger partial charge in [-0.15, -0.1) is 0 Å². The average molecular weight is 256 g/mol. The Morgan fingerprint density at radius 3 is 2.74 bits per heavy atom. The molecule has 3 nitrogen and oxygen atoms in total. The molecule has 1 amide bonds. The first-order valence-electron chi connectivity index (χ1n) is 6.83. The van der Waals surface area contributed by atoms with Crippen molar-refractivity contribution in [2.24, 2.45) is 5.92 Å². The quantitative estimate of drug-likeness (QED) is 0.880. The van der Waals surface area contributed by atoms with Crippen LogP contribution in [-0.4, -0.2) is 16.0 Å². The van der Waals surface area contributed by atoms with Crippen LogP contribution in [0.1, 0.15) is 33.2 Å². The van der Waals surface area contributed by atoms with Gasteiger partial charge >= 0.3 is 0 Å². The minimum Gasteiger partial charge on any atom is -0.351 e. The van der Waals surface area contributed by atoms with E-state index in [1.54, 1.807) is 0 Å². The molecule has 19 heavy (non-hydrogen) atoms. The third-order valence-corrected chi connectivity index (χ3v) is 3.58. The lowest BCUT2D eigenvalue weighted by atomic mass is 10.1. The maximum absolute atomic E-state index is 12.1. The van der Waals surface area contributed by atoms with Crippen molar-refractivity contribution >= 4 is 16.8 Å². The van der Waals surface area contributed by atoms with Crippen molar-refractivity contribution in [1.29, 1.82) is 0 Å². The molecule has 1 aromatic carbocycles. The molecule has 1 aromatic heterocycles. The Bertz CT molecular complexity index is 621. The maximum Gasteiger partial charge on any atom is 0.225 e. The second-order valence-electron chi connectivity index (χ2n) is 6.43. The molecule has 3 rings (SSSR count). The van der Waals surface area contributed by atoms with Crippen LogP contribution in [0.2, 0.25) is 0 Å². The monoisotopic (exact) mass is 256 g/mol. The van der Waals surface area contributed by atoms with E-state index >= 15 is 0 Å². The minimum absolute atomic E-state index is 0.120. The Morgan fingerprint density at radius 2 is 2.00 bits per heavy atom. The van der Waals surface area contributed by atoms with Crippen LogP contribution in [-0.2, 0) is 4.79 Å². The molecule has 3 heteroatoms. The van der Waals surface area contributed by atoms with Crippen LogP contribution >= 0.6 is 0 Å². The molecule has 1 heterocycles. The van der Waals surface area contributed by atoms with Crippen LogP contribution in [0.25, 0.3) is 10.9 Å². The Balaban J connectivity index is 1.78. The van der Waals surface area contributed by atoms with Crippen molar-refractivity contribution < 1.29 is 4.79 Å². The zero-order chi connectivity index (χ0) is 13.6. The van der Waals surface area contributed by atoms with Crippen LogP contribution in [0.4, 0.5) is 0 Å². The van der Waals surface area contributed by atoms with Gasteiger partial charge in [0.05, 0.1) is 5.92 Å². The van der Waals surface area contributed by atoms with E-state index in [1.165, 1.54) is 10.9 Å². The van der Waals surface area contributed by atoms with Gasteiger partial charge in [0, 0.05) is 23.3 Å². The van der Waals surface area contributed by atoms with E-state index in [1.807, 2.05) is 32.9 Å². The van der Waals surface area contributed by atoms with Crippen molar-refractivity contribution in [2.75, 3.05) is 0 Å². The highest BCUT2D eigenvalue weighted by Crippen LogP contribution is 2.45. The highest BCUT2D eigenvalue weighted by molar-refractivity contribution is 5.84. The normalized spacial score (nSPS) is 22.5. The minimum atomic E-state index is -0.150. The fourth-order valence-corrected chi connectivity index (χ4v) is 2.63. The zero-order valence-corrected chi connectivity index (χ0v) is 11.7. The summed E-state index contributed by atoms with van der Waals surface area (Å²) in [7, 11) is 0. The van der Waals surface area contributed by atoms with Gasteiger partial charge in [-0.3, -0.25) is 4.79 Å². The summed E-state index contributed by atoms with van der Waals surface area (Å²) in [6.45, 7) is 6.06. The molecule has 1 fully saturated rings. The molecule has 2 atom stereocenters. The number of aromatic nitrogens is 1. The second kappa shape index (κ2) is 4.12. The number of para-hydroxylation sites is 1. The molecular weight excluding hydrogens is 236 g/mol. The summed E-state index contributed by atoms with van der Waals surface area (Å²) in [5, 5.41) is 4.31. The molecular formula is C16H20N2O. The predicted molar refractivity (Wildman–Crippen MR) is 77.0 cm³/mol. The highest BCUT2D eigenvalue weighted by atomic mass is 16.2. The third-order valence-electron chi connectivity index (χ3n) is 3.58. The molecule has 100 valence electrons. The number of nitrogens with one attached hydrogen (secondary N) is 1. The van der Waals surface area contributed by atoms with E-state index in [2.05, 4.69) is 34.3 Å². The fourth-order valence-electron chi connectivity index (χ4n) is 2.63. The van der Waals surface area contributed by atoms with Crippen molar-refractivity contribution in [3.63, 3.8) is 0 Å². The summed E-state index contributed by atoms with van der Waals surface area (Å²) in [6.07, 6.45) is 3.04. The van der Waals surface area contributed by atoms with Crippen molar-refractivity contribution in [3.8, 4) is 0 Å². The third kappa shape index (κ3) is 2.37. The number of fused-ring (bicyclic) bond motifs is 1. The fraction of sp³-hybridized carbons (Fsp3) is 0.438. The molecule has 0 unspecified atom stereocenters. The first kappa shape index (κ1) is 12.3. The van der Waals surface area contributed by atoms with Gasteiger partial charge in [0.25, 0.3) is 0 Å². The van der Waals surface area contributed by atoms with E-state index < -0.39 is 0 Å². The largest absolute Gasteiger partial charge is 0.351 e. The van der Waals surface area contributed by atoms with E-state index in [4.69, 9.17) is 0 Å². The molecule has 2 aromatic rings. The molecule has 0 radical (unpaired) electrons. The topological polar surface area (TPSA) is 34.0 Å². The number of nitrogens with zero attached hydrogens (tertiary/aromatic N) is 1. The molecule has 1 aliphatic rings. The van der Waals surface area contributed by atoms with Crippen LogP contribution in [0.5, 0.6) is 0 Å². The number of benzene rings is 1. The van der Waals surface area contributed by atoms with Gasteiger partial charge in [0.15, 0.2) is 0 Å². The predicted octanol–water partition coefficient (Wildman–Crippen LogP) is 3.12. The SMILES string of the molecule is CC(C)(C)NC(=O)[C@@H]1C[C@H]1n1ccc2ccccc21. The maximum atomic E-state index is 12.1. The van der Waals surface area contributed by atoms with Gasteiger partial charge in [-0.2, -0.15) is 0 Å². The van der Waals surface area contributed by atoms with Crippen molar-refractivity contribution in [3.05, 3.63) is 36.5 Å². The summed E-state index contributed by atoms with van der Waals surface area (Å²) >= 11 is 0. The smallest absolute Gasteiger partial charge is 0.225 e. The average Bonchev–Trinajstić information content (AvgIpc) is 3.00. The first-order valence-corrected chi connectivity index (χ1v) is 6.83. The number of amides is 1. The number of hydrogen-bond acceptors (Lipinski definition) is 1.